The van der Waals surface area contributed by atoms with E-state index in [4.69, 9.17) is 16.3 Å². The maximum absolute atomic E-state index is 11.7. The van der Waals surface area contributed by atoms with Crippen molar-refractivity contribution in [3.8, 4) is 5.75 Å². The third kappa shape index (κ3) is 4.40. The molecular weight excluding hydrogens is 284 g/mol. The number of aliphatic hydroxyl groups is 1. The van der Waals surface area contributed by atoms with E-state index in [1.54, 1.807) is 25.1 Å². The third-order valence-electron chi connectivity index (χ3n) is 2.56. The van der Waals surface area contributed by atoms with E-state index in [0.29, 0.717) is 16.3 Å². The molecule has 6 nitrogen and oxygen atoms in total. The maximum atomic E-state index is 11.7. The van der Waals surface area contributed by atoms with Crippen LogP contribution < -0.4 is 15.4 Å². The Labute approximate surface area is 122 Å². The van der Waals surface area contributed by atoms with Crippen LogP contribution >= 0.6 is 11.6 Å². The molecule has 0 aliphatic carbocycles. The van der Waals surface area contributed by atoms with Gasteiger partial charge in [-0.1, -0.05) is 11.6 Å². The van der Waals surface area contributed by atoms with Crippen molar-refractivity contribution in [2.45, 2.75) is 26.1 Å². The van der Waals surface area contributed by atoms with E-state index in [2.05, 4.69) is 10.6 Å². The van der Waals surface area contributed by atoms with Crippen molar-refractivity contribution >= 4 is 23.5 Å². The normalized spacial score (nSPS) is 13.2. The molecule has 0 aromatic heterocycles. The second-order valence-electron chi connectivity index (χ2n) is 4.19. The van der Waals surface area contributed by atoms with Crippen molar-refractivity contribution in [3.63, 3.8) is 0 Å². The molecule has 1 rings (SSSR count). The maximum Gasteiger partial charge on any atom is 0.321 e. The Balaban J connectivity index is 2.82. The van der Waals surface area contributed by atoms with Crippen LogP contribution in [0.5, 0.6) is 5.75 Å². The van der Waals surface area contributed by atoms with Crippen LogP contribution in [0.4, 0.5) is 4.79 Å². The number of carbonyl (C=O) groups is 2. The number of benzene rings is 1. The van der Waals surface area contributed by atoms with Crippen molar-refractivity contribution in [1.29, 1.82) is 0 Å². The molecule has 1 unspecified atom stereocenters. The fourth-order valence-corrected chi connectivity index (χ4v) is 1.65. The Morgan fingerprint density at radius 1 is 1.35 bits per heavy atom. The van der Waals surface area contributed by atoms with Crippen LogP contribution in [0, 0.1) is 0 Å². The van der Waals surface area contributed by atoms with Crippen molar-refractivity contribution in [1.82, 2.24) is 10.6 Å². The first-order valence-corrected chi connectivity index (χ1v) is 6.39. The summed E-state index contributed by atoms with van der Waals surface area (Å²) in [6.07, 6.45) is -1.69. The summed E-state index contributed by atoms with van der Waals surface area (Å²) in [5.41, 5.74) is 0.470. The first kappa shape index (κ1) is 16.3. The van der Waals surface area contributed by atoms with Crippen LogP contribution in [0.2, 0.25) is 5.02 Å². The SMILES string of the molecule is CNC(=O)NC(=O)C(C)Oc1ccc(Cl)cc1[C@H](C)O. The summed E-state index contributed by atoms with van der Waals surface area (Å²) in [6.45, 7) is 3.06. The minimum absolute atomic E-state index is 0.337. The number of aliphatic hydroxyl groups excluding tert-OH is 1. The van der Waals surface area contributed by atoms with Crippen LogP contribution in [-0.4, -0.2) is 30.2 Å². The quantitative estimate of drug-likeness (QED) is 0.788. The number of urea groups is 1. The highest BCUT2D eigenvalue weighted by Crippen LogP contribution is 2.29. The van der Waals surface area contributed by atoms with Crippen molar-refractivity contribution < 1.29 is 19.4 Å². The standard InChI is InChI=1S/C13H17ClN2O4/c1-7(17)10-6-9(14)4-5-11(10)20-8(2)12(18)16-13(19)15-3/h4-8,17H,1-3H3,(H2,15,16,18,19)/t7-,8?/m0/s1. The van der Waals surface area contributed by atoms with Gasteiger partial charge in [0.05, 0.1) is 6.10 Å². The average Bonchev–Trinajstić information content (AvgIpc) is 2.40. The molecule has 1 aromatic rings. The van der Waals surface area contributed by atoms with E-state index in [-0.39, 0.29) is 0 Å². The van der Waals surface area contributed by atoms with Gasteiger partial charge in [-0.15, -0.1) is 0 Å². The molecule has 0 fully saturated rings. The second-order valence-corrected chi connectivity index (χ2v) is 4.62. The molecule has 0 aliphatic rings. The number of nitrogens with one attached hydrogen (secondary N) is 2. The fraction of sp³-hybridized carbons (Fsp3) is 0.385. The van der Waals surface area contributed by atoms with Gasteiger partial charge in [0.2, 0.25) is 0 Å². The monoisotopic (exact) mass is 300 g/mol. The van der Waals surface area contributed by atoms with E-state index in [1.807, 2.05) is 0 Å². The number of halogens is 1. The lowest BCUT2D eigenvalue weighted by Gasteiger charge is -2.18. The molecule has 110 valence electrons. The Morgan fingerprint density at radius 2 is 2.00 bits per heavy atom. The lowest BCUT2D eigenvalue weighted by Crippen LogP contribution is -2.44. The minimum Gasteiger partial charge on any atom is -0.480 e. The molecular formula is C13H17ClN2O4. The van der Waals surface area contributed by atoms with Gasteiger partial charge < -0.3 is 15.2 Å². The summed E-state index contributed by atoms with van der Waals surface area (Å²) in [5.74, 6) is -0.250. The number of amides is 3. The van der Waals surface area contributed by atoms with Gasteiger partial charge in [-0.3, -0.25) is 10.1 Å². The van der Waals surface area contributed by atoms with E-state index in [0.717, 1.165) is 0 Å². The van der Waals surface area contributed by atoms with Gasteiger partial charge in [-0.05, 0) is 32.0 Å². The number of hydrogen-bond acceptors (Lipinski definition) is 4. The molecule has 0 heterocycles. The van der Waals surface area contributed by atoms with Crippen molar-refractivity contribution in [2.75, 3.05) is 7.05 Å². The van der Waals surface area contributed by atoms with Gasteiger partial charge >= 0.3 is 6.03 Å². The third-order valence-corrected chi connectivity index (χ3v) is 2.79. The van der Waals surface area contributed by atoms with Crippen molar-refractivity contribution in [3.05, 3.63) is 28.8 Å². The second kappa shape index (κ2) is 7.12. The smallest absolute Gasteiger partial charge is 0.321 e. The Kier molecular flexibility index (Phi) is 5.79. The molecule has 20 heavy (non-hydrogen) atoms. The van der Waals surface area contributed by atoms with Crippen LogP contribution in [0.15, 0.2) is 18.2 Å². The summed E-state index contributed by atoms with van der Waals surface area (Å²) in [7, 11) is 1.40. The predicted molar refractivity (Wildman–Crippen MR) is 74.8 cm³/mol. The largest absolute Gasteiger partial charge is 0.480 e. The molecule has 0 saturated carbocycles. The highest BCUT2D eigenvalue weighted by atomic mass is 35.5. The van der Waals surface area contributed by atoms with Gasteiger partial charge in [-0.25, -0.2) is 4.79 Å². The molecule has 0 radical (unpaired) electrons. The molecule has 2 atom stereocenters. The minimum atomic E-state index is -0.897. The van der Waals surface area contributed by atoms with Crippen LogP contribution in [0.3, 0.4) is 0 Å². The van der Waals surface area contributed by atoms with E-state index >= 15 is 0 Å². The topological polar surface area (TPSA) is 87.7 Å². The zero-order valence-electron chi connectivity index (χ0n) is 11.4. The zero-order chi connectivity index (χ0) is 15.3. The fourth-order valence-electron chi connectivity index (χ4n) is 1.47. The number of carbonyl (C=O) groups excluding carboxylic acids is 2. The lowest BCUT2D eigenvalue weighted by atomic mass is 10.1. The van der Waals surface area contributed by atoms with E-state index < -0.39 is 24.1 Å². The summed E-state index contributed by atoms with van der Waals surface area (Å²) in [4.78, 5) is 22.7. The lowest BCUT2D eigenvalue weighted by molar-refractivity contribution is -0.126. The highest BCUT2D eigenvalue weighted by Gasteiger charge is 2.19. The van der Waals surface area contributed by atoms with Crippen LogP contribution in [0.1, 0.15) is 25.5 Å². The summed E-state index contributed by atoms with van der Waals surface area (Å²) in [6, 6.07) is 4.10. The number of ether oxygens (including phenoxy) is 1. The summed E-state index contributed by atoms with van der Waals surface area (Å²) >= 11 is 5.85. The summed E-state index contributed by atoms with van der Waals surface area (Å²) < 4.78 is 5.46. The van der Waals surface area contributed by atoms with Crippen LogP contribution in [0.25, 0.3) is 0 Å². The van der Waals surface area contributed by atoms with Gasteiger partial charge in [0.1, 0.15) is 5.75 Å². The molecule has 7 heteroatoms. The summed E-state index contributed by atoms with van der Waals surface area (Å²) in [5, 5.41) is 14.5. The van der Waals surface area contributed by atoms with E-state index in [9.17, 15) is 14.7 Å². The molecule has 0 saturated heterocycles. The van der Waals surface area contributed by atoms with Gasteiger partial charge in [0.25, 0.3) is 5.91 Å². The Bertz CT molecular complexity index is 505. The Hall–Kier alpha value is -1.79. The molecule has 3 N–H and O–H groups in total. The predicted octanol–water partition coefficient (Wildman–Crippen LogP) is 1.62. The molecule has 3 amide bonds. The number of imide groups is 1. The molecule has 0 spiro atoms. The first-order chi connectivity index (χ1) is 9.35. The molecule has 0 bridgehead atoms. The number of hydrogen-bond donors (Lipinski definition) is 3. The number of rotatable bonds is 4. The molecule has 0 aliphatic heterocycles. The zero-order valence-corrected chi connectivity index (χ0v) is 12.2. The van der Waals surface area contributed by atoms with Gasteiger partial charge in [-0.2, -0.15) is 0 Å². The highest BCUT2D eigenvalue weighted by molar-refractivity contribution is 6.30. The van der Waals surface area contributed by atoms with Gasteiger partial charge in [0.15, 0.2) is 6.10 Å². The van der Waals surface area contributed by atoms with Crippen LogP contribution in [-0.2, 0) is 4.79 Å². The average molecular weight is 301 g/mol. The molecule has 1 aromatic carbocycles. The first-order valence-electron chi connectivity index (χ1n) is 6.02. The van der Waals surface area contributed by atoms with Gasteiger partial charge in [0, 0.05) is 17.6 Å². The van der Waals surface area contributed by atoms with Crippen molar-refractivity contribution in [2.24, 2.45) is 0 Å². The Morgan fingerprint density at radius 3 is 2.55 bits per heavy atom. The van der Waals surface area contributed by atoms with E-state index in [1.165, 1.54) is 14.0 Å².